The minimum Gasteiger partial charge on any atom is -0.490 e. The zero-order chi connectivity index (χ0) is 16.5. The number of nitrogens with one attached hydrogen (secondary N) is 1. The molecule has 0 heterocycles. The summed E-state index contributed by atoms with van der Waals surface area (Å²) in [6.45, 7) is 2.18. The van der Waals surface area contributed by atoms with Crippen molar-refractivity contribution in [2.75, 3.05) is 0 Å². The van der Waals surface area contributed by atoms with Crippen molar-refractivity contribution in [2.45, 2.75) is 70.4 Å². The topological polar surface area (TPSA) is 38.3 Å². The second-order valence-electron chi connectivity index (χ2n) is 8.15. The van der Waals surface area contributed by atoms with E-state index in [2.05, 4.69) is 12.2 Å². The first-order valence-electron chi connectivity index (χ1n) is 9.76. The van der Waals surface area contributed by atoms with Gasteiger partial charge in [-0.2, -0.15) is 0 Å². The van der Waals surface area contributed by atoms with Gasteiger partial charge in [0.2, 0.25) is 0 Å². The number of fused-ring (bicyclic) bond motifs is 2. The maximum absolute atomic E-state index is 12.5. The van der Waals surface area contributed by atoms with Crippen LogP contribution < -0.4 is 10.1 Å². The Kier molecular flexibility index (Phi) is 4.51. The molecular formula is C21H29NO2. The molecule has 1 aromatic carbocycles. The summed E-state index contributed by atoms with van der Waals surface area (Å²) in [6, 6.07) is 7.95. The third-order valence-corrected chi connectivity index (χ3v) is 6.52. The number of amides is 1. The standard InChI is InChI=1S/C21H29NO2/c1-14(20-13-15-6-7-17(20)12-15)22-21(23)16-8-10-19(11-9-16)24-18-4-2-3-5-18/h8-11,14-15,17-18,20H,2-7,12-13H2,1H3,(H,22,23). The number of ether oxygens (including phenoxy) is 1. The van der Waals surface area contributed by atoms with Crippen LogP contribution in [-0.2, 0) is 0 Å². The molecular weight excluding hydrogens is 298 g/mol. The van der Waals surface area contributed by atoms with Gasteiger partial charge in [-0.1, -0.05) is 6.42 Å². The number of benzene rings is 1. The summed E-state index contributed by atoms with van der Waals surface area (Å²) in [5.74, 6) is 3.38. The smallest absolute Gasteiger partial charge is 0.251 e. The lowest BCUT2D eigenvalue weighted by molar-refractivity contribution is 0.0915. The van der Waals surface area contributed by atoms with Crippen molar-refractivity contribution in [2.24, 2.45) is 17.8 Å². The summed E-state index contributed by atoms with van der Waals surface area (Å²) < 4.78 is 5.97. The molecule has 4 rings (SSSR count). The molecule has 4 unspecified atom stereocenters. The van der Waals surface area contributed by atoms with E-state index in [1.807, 2.05) is 24.3 Å². The van der Waals surface area contributed by atoms with Gasteiger partial charge in [0, 0.05) is 11.6 Å². The molecule has 3 nitrogen and oxygen atoms in total. The van der Waals surface area contributed by atoms with E-state index in [-0.39, 0.29) is 11.9 Å². The van der Waals surface area contributed by atoms with Crippen LogP contribution in [-0.4, -0.2) is 18.1 Å². The molecule has 24 heavy (non-hydrogen) atoms. The summed E-state index contributed by atoms with van der Waals surface area (Å²) >= 11 is 0. The van der Waals surface area contributed by atoms with Gasteiger partial charge in [0.15, 0.2) is 0 Å². The lowest BCUT2D eigenvalue weighted by atomic mass is 9.84. The summed E-state index contributed by atoms with van der Waals surface area (Å²) in [4.78, 5) is 12.5. The highest BCUT2D eigenvalue weighted by molar-refractivity contribution is 5.94. The average Bonchev–Trinajstić information content (AvgIpc) is 3.33. The van der Waals surface area contributed by atoms with Gasteiger partial charge in [-0.15, -0.1) is 0 Å². The van der Waals surface area contributed by atoms with Crippen LogP contribution in [0.2, 0.25) is 0 Å². The predicted octanol–water partition coefficient (Wildman–Crippen LogP) is 4.56. The van der Waals surface area contributed by atoms with E-state index in [1.54, 1.807) is 0 Å². The van der Waals surface area contributed by atoms with Crippen LogP contribution in [0.3, 0.4) is 0 Å². The highest BCUT2D eigenvalue weighted by Gasteiger charge is 2.42. The summed E-state index contributed by atoms with van der Waals surface area (Å²) in [7, 11) is 0. The van der Waals surface area contributed by atoms with Crippen LogP contribution in [0.4, 0.5) is 0 Å². The number of carbonyl (C=O) groups is 1. The molecule has 0 aliphatic heterocycles. The summed E-state index contributed by atoms with van der Waals surface area (Å²) in [5.41, 5.74) is 0.740. The molecule has 1 amide bonds. The lowest BCUT2D eigenvalue weighted by Crippen LogP contribution is -2.40. The van der Waals surface area contributed by atoms with Crippen LogP contribution in [0.15, 0.2) is 24.3 Å². The van der Waals surface area contributed by atoms with E-state index >= 15 is 0 Å². The van der Waals surface area contributed by atoms with Crippen molar-refractivity contribution in [3.63, 3.8) is 0 Å². The Bertz CT molecular complexity index is 576. The normalized spacial score (nSPS) is 30.5. The van der Waals surface area contributed by atoms with Crippen molar-refractivity contribution >= 4 is 5.91 Å². The maximum Gasteiger partial charge on any atom is 0.251 e. The summed E-state index contributed by atoms with van der Waals surface area (Å²) in [6.07, 6.45) is 10.7. The van der Waals surface area contributed by atoms with Gasteiger partial charge in [0.05, 0.1) is 6.10 Å². The zero-order valence-corrected chi connectivity index (χ0v) is 14.7. The van der Waals surface area contributed by atoms with Crippen LogP contribution in [0.5, 0.6) is 5.75 Å². The van der Waals surface area contributed by atoms with Crippen molar-refractivity contribution in [3.05, 3.63) is 29.8 Å². The molecule has 0 radical (unpaired) electrons. The monoisotopic (exact) mass is 327 g/mol. The lowest BCUT2D eigenvalue weighted by Gasteiger charge is -2.28. The van der Waals surface area contributed by atoms with Gasteiger partial charge in [0.25, 0.3) is 5.91 Å². The second-order valence-corrected chi connectivity index (χ2v) is 8.15. The SMILES string of the molecule is CC(NC(=O)c1ccc(OC2CCCC2)cc1)C1CC2CCC1C2. The number of hydrogen-bond acceptors (Lipinski definition) is 2. The van der Waals surface area contributed by atoms with Crippen molar-refractivity contribution in [1.82, 2.24) is 5.32 Å². The van der Waals surface area contributed by atoms with Gasteiger partial charge < -0.3 is 10.1 Å². The fraction of sp³-hybridized carbons (Fsp3) is 0.667. The van der Waals surface area contributed by atoms with Crippen molar-refractivity contribution in [1.29, 1.82) is 0 Å². The van der Waals surface area contributed by atoms with Crippen LogP contribution in [0.1, 0.15) is 68.6 Å². The van der Waals surface area contributed by atoms with Crippen LogP contribution >= 0.6 is 0 Å². The van der Waals surface area contributed by atoms with Gasteiger partial charge in [-0.3, -0.25) is 4.79 Å². The average molecular weight is 327 g/mol. The van der Waals surface area contributed by atoms with Crippen molar-refractivity contribution in [3.8, 4) is 5.75 Å². The Morgan fingerprint density at radius 2 is 1.83 bits per heavy atom. The van der Waals surface area contributed by atoms with Crippen LogP contribution in [0.25, 0.3) is 0 Å². The maximum atomic E-state index is 12.5. The molecule has 0 aromatic heterocycles. The van der Waals surface area contributed by atoms with Crippen LogP contribution in [0, 0.1) is 17.8 Å². The first-order valence-corrected chi connectivity index (χ1v) is 9.76. The summed E-state index contributed by atoms with van der Waals surface area (Å²) in [5, 5.41) is 3.24. The second kappa shape index (κ2) is 6.78. The largest absolute Gasteiger partial charge is 0.490 e. The van der Waals surface area contributed by atoms with Gasteiger partial charge in [0.1, 0.15) is 5.75 Å². The Morgan fingerprint density at radius 3 is 2.46 bits per heavy atom. The third-order valence-electron chi connectivity index (χ3n) is 6.52. The van der Waals surface area contributed by atoms with Crippen molar-refractivity contribution < 1.29 is 9.53 Å². The minimum atomic E-state index is 0.0534. The molecule has 3 saturated carbocycles. The van der Waals surface area contributed by atoms with E-state index in [4.69, 9.17) is 4.74 Å². The van der Waals surface area contributed by atoms with E-state index in [1.165, 1.54) is 38.5 Å². The molecule has 1 aromatic rings. The zero-order valence-electron chi connectivity index (χ0n) is 14.7. The first-order chi connectivity index (χ1) is 11.7. The van der Waals surface area contributed by atoms with Gasteiger partial charge in [-0.05, 0) is 93.9 Å². The fourth-order valence-corrected chi connectivity index (χ4v) is 5.19. The molecule has 130 valence electrons. The Morgan fingerprint density at radius 1 is 1.08 bits per heavy atom. The molecule has 0 spiro atoms. The Balaban J connectivity index is 1.32. The molecule has 3 aliphatic rings. The Hall–Kier alpha value is -1.51. The van der Waals surface area contributed by atoms with E-state index in [0.29, 0.717) is 12.0 Å². The molecule has 3 aliphatic carbocycles. The molecule has 2 bridgehead atoms. The minimum absolute atomic E-state index is 0.0534. The Labute approximate surface area is 145 Å². The van der Waals surface area contributed by atoms with E-state index in [9.17, 15) is 4.79 Å². The quantitative estimate of drug-likeness (QED) is 0.861. The number of hydrogen-bond donors (Lipinski definition) is 1. The number of rotatable bonds is 5. The van der Waals surface area contributed by atoms with Gasteiger partial charge in [-0.25, -0.2) is 0 Å². The number of carbonyl (C=O) groups excluding carboxylic acids is 1. The van der Waals surface area contributed by atoms with E-state index in [0.717, 1.165) is 36.0 Å². The molecule has 0 saturated heterocycles. The fourth-order valence-electron chi connectivity index (χ4n) is 5.19. The molecule has 3 fully saturated rings. The molecule has 4 atom stereocenters. The van der Waals surface area contributed by atoms with Gasteiger partial charge >= 0.3 is 0 Å². The third kappa shape index (κ3) is 3.31. The highest BCUT2D eigenvalue weighted by Crippen LogP contribution is 2.49. The predicted molar refractivity (Wildman–Crippen MR) is 95.2 cm³/mol. The van der Waals surface area contributed by atoms with E-state index < -0.39 is 0 Å². The highest BCUT2D eigenvalue weighted by atomic mass is 16.5. The molecule has 3 heteroatoms. The first kappa shape index (κ1) is 16.0. The molecule has 1 N–H and O–H groups in total.